The molecule has 3 atom stereocenters. The number of nitrogens with two attached hydrogens (primary N) is 1. The van der Waals surface area contributed by atoms with E-state index >= 15 is 0 Å². The average molecular weight is 240 g/mol. The molecule has 0 heterocycles. The molecule has 0 aliphatic heterocycles. The Morgan fingerprint density at radius 3 is 2.59 bits per heavy atom. The second kappa shape index (κ2) is 7.00. The van der Waals surface area contributed by atoms with Crippen LogP contribution in [0.15, 0.2) is 0 Å². The van der Waals surface area contributed by atoms with Crippen molar-refractivity contribution in [3.05, 3.63) is 0 Å². The Morgan fingerprint density at radius 1 is 1.35 bits per heavy atom. The van der Waals surface area contributed by atoms with Crippen molar-refractivity contribution in [3.8, 4) is 0 Å². The van der Waals surface area contributed by atoms with E-state index in [1.165, 1.54) is 0 Å². The molecule has 0 aromatic rings. The smallest absolute Gasteiger partial charge is 0.225 e. The highest BCUT2D eigenvalue weighted by Gasteiger charge is 2.32. The van der Waals surface area contributed by atoms with E-state index < -0.39 is 0 Å². The minimum Gasteiger partial charge on any atom is -0.343 e. The summed E-state index contributed by atoms with van der Waals surface area (Å²) >= 11 is 0. The molecule has 0 radical (unpaired) electrons. The van der Waals surface area contributed by atoms with Crippen LogP contribution in [0.5, 0.6) is 0 Å². The summed E-state index contributed by atoms with van der Waals surface area (Å²) in [5.41, 5.74) is 5.95. The lowest BCUT2D eigenvalue weighted by Gasteiger charge is -2.35. The first-order chi connectivity index (χ1) is 8.10. The lowest BCUT2D eigenvalue weighted by Crippen LogP contribution is -2.43. The summed E-state index contributed by atoms with van der Waals surface area (Å²) in [6.07, 6.45) is 5.24. The van der Waals surface area contributed by atoms with Crippen LogP contribution in [0.1, 0.15) is 52.9 Å². The normalized spacial score (nSPS) is 29.1. The molecule has 3 unspecified atom stereocenters. The number of hydrogen-bond acceptors (Lipinski definition) is 2. The van der Waals surface area contributed by atoms with E-state index in [0.29, 0.717) is 17.9 Å². The molecule has 1 amide bonds. The van der Waals surface area contributed by atoms with E-state index in [1.54, 1.807) is 0 Å². The molecule has 0 bridgehead atoms. The molecule has 0 aromatic heterocycles. The SMILES string of the molecule is CCCCN(CC)C(=O)C1CCC(N)CC1C. The number of amides is 1. The minimum atomic E-state index is 0.214. The van der Waals surface area contributed by atoms with Crippen molar-refractivity contribution in [2.45, 2.75) is 58.9 Å². The predicted octanol–water partition coefficient (Wildman–Crippen LogP) is 2.40. The van der Waals surface area contributed by atoms with Crippen molar-refractivity contribution in [1.82, 2.24) is 4.90 Å². The number of rotatable bonds is 5. The molecule has 17 heavy (non-hydrogen) atoms. The molecule has 2 N–H and O–H groups in total. The molecular weight excluding hydrogens is 212 g/mol. The van der Waals surface area contributed by atoms with Crippen LogP contribution in [-0.4, -0.2) is 29.9 Å². The van der Waals surface area contributed by atoms with E-state index in [0.717, 1.165) is 45.2 Å². The van der Waals surface area contributed by atoms with Gasteiger partial charge in [0.1, 0.15) is 0 Å². The standard InChI is InChI=1S/C14H28N2O/c1-4-6-9-16(5-2)14(17)13-8-7-12(15)10-11(13)3/h11-13H,4-10,15H2,1-3H3. The first-order valence-electron chi connectivity index (χ1n) is 7.14. The molecule has 100 valence electrons. The van der Waals surface area contributed by atoms with Crippen molar-refractivity contribution in [3.63, 3.8) is 0 Å². The van der Waals surface area contributed by atoms with Crippen LogP contribution >= 0.6 is 0 Å². The molecule has 0 aromatic carbocycles. The Kier molecular flexibility index (Phi) is 5.96. The second-order valence-electron chi connectivity index (χ2n) is 5.43. The molecule has 0 saturated heterocycles. The third-order valence-corrected chi connectivity index (χ3v) is 4.00. The molecule has 1 fully saturated rings. The van der Waals surface area contributed by atoms with Crippen LogP contribution < -0.4 is 5.73 Å². The topological polar surface area (TPSA) is 46.3 Å². The number of hydrogen-bond donors (Lipinski definition) is 1. The van der Waals surface area contributed by atoms with E-state index in [4.69, 9.17) is 5.73 Å². The van der Waals surface area contributed by atoms with Gasteiger partial charge in [0.05, 0.1) is 0 Å². The summed E-state index contributed by atoms with van der Waals surface area (Å²) in [5.74, 6) is 1.02. The van der Waals surface area contributed by atoms with Gasteiger partial charge in [-0.15, -0.1) is 0 Å². The van der Waals surface area contributed by atoms with E-state index in [1.807, 2.05) is 4.90 Å². The Bertz CT molecular complexity index is 242. The van der Waals surface area contributed by atoms with Gasteiger partial charge in [-0.05, 0) is 38.5 Å². The van der Waals surface area contributed by atoms with E-state index in [2.05, 4.69) is 20.8 Å². The molecule has 3 nitrogen and oxygen atoms in total. The molecule has 3 heteroatoms. The summed E-state index contributed by atoms with van der Waals surface area (Å²) in [6, 6.07) is 0.305. The Labute approximate surface area is 106 Å². The van der Waals surface area contributed by atoms with Crippen LogP contribution in [0.3, 0.4) is 0 Å². The molecule has 1 rings (SSSR count). The van der Waals surface area contributed by atoms with Crippen molar-refractivity contribution in [2.75, 3.05) is 13.1 Å². The van der Waals surface area contributed by atoms with Gasteiger partial charge in [0, 0.05) is 25.0 Å². The quantitative estimate of drug-likeness (QED) is 0.802. The van der Waals surface area contributed by atoms with Crippen molar-refractivity contribution < 1.29 is 4.79 Å². The Morgan fingerprint density at radius 2 is 2.06 bits per heavy atom. The fourth-order valence-corrected chi connectivity index (χ4v) is 2.81. The average Bonchev–Trinajstić information content (AvgIpc) is 2.29. The summed E-state index contributed by atoms with van der Waals surface area (Å²) in [6.45, 7) is 8.18. The summed E-state index contributed by atoms with van der Waals surface area (Å²) in [7, 11) is 0. The molecule has 1 saturated carbocycles. The van der Waals surface area contributed by atoms with Crippen LogP contribution in [0.25, 0.3) is 0 Å². The largest absolute Gasteiger partial charge is 0.343 e. The Balaban J connectivity index is 2.54. The van der Waals surface area contributed by atoms with Crippen LogP contribution in [0.2, 0.25) is 0 Å². The molecular formula is C14H28N2O. The van der Waals surface area contributed by atoms with Gasteiger partial charge >= 0.3 is 0 Å². The van der Waals surface area contributed by atoms with Gasteiger partial charge in [0.15, 0.2) is 0 Å². The van der Waals surface area contributed by atoms with Crippen LogP contribution in [-0.2, 0) is 4.79 Å². The van der Waals surface area contributed by atoms with Gasteiger partial charge in [0.25, 0.3) is 0 Å². The van der Waals surface area contributed by atoms with Gasteiger partial charge in [-0.25, -0.2) is 0 Å². The van der Waals surface area contributed by atoms with Crippen LogP contribution in [0, 0.1) is 11.8 Å². The lowest BCUT2D eigenvalue weighted by molar-refractivity contribution is -0.138. The highest BCUT2D eigenvalue weighted by atomic mass is 16.2. The number of unbranched alkanes of at least 4 members (excludes halogenated alkanes) is 1. The number of carbonyl (C=O) groups excluding carboxylic acids is 1. The monoisotopic (exact) mass is 240 g/mol. The van der Waals surface area contributed by atoms with Crippen LogP contribution in [0.4, 0.5) is 0 Å². The molecule has 1 aliphatic rings. The van der Waals surface area contributed by atoms with Crippen molar-refractivity contribution in [1.29, 1.82) is 0 Å². The fraction of sp³-hybridized carbons (Fsp3) is 0.929. The third-order valence-electron chi connectivity index (χ3n) is 4.00. The maximum absolute atomic E-state index is 12.4. The van der Waals surface area contributed by atoms with Crippen molar-refractivity contribution >= 4 is 5.91 Å². The zero-order valence-corrected chi connectivity index (χ0v) is 11.6. The fourth-order valence-electron chi connectivity index (χ4n) is 2.81. The first-order valence-corrected chi connectivity index (χ1v) is 7.14. The van der Waals surface area contributed by atoms with Gasteiger partial charge in [-0.2, -0.15) is 0 Å². The third kappa shape index (κ3) is 3.98. The maximum Gasteiger partial charge on any atom is 0.225 e. The van der Waals surface area contributed by atoms with E-state index in [9.17, 15) is 4.79 Å². The van der Waals surface area contributed by atoms with Gasteiger partial charge < -0.3 is 10.6 Å². The van der Waals surface area contributed by atoms with Gasteiger partial charge in [-0.1, -0.05) is 20.3 Å². The van der Waals surface area contributed by atoms with E-state index in [-0.39, 0.29) is 5.92 Å². The predicted molar refractivity (Wildman–Crippen MR) is 71.6 cm³/mol. The van der Waals surface area contributed by atoms with Crippen molar-refractivity contribution in [2.24, 2.45) is 17.6 Å². The zero-order chi connectivity index (χ0) is 12.8. The zero-order valence-electron chi connectivity index (χ0n) is 11.6. The number of carbonyl (C=O) groups is 1. The second-order valence-corrected chi connectivity index (χ2v) is 5.43. The highest BCUT2D eigenvalue weighted by molar-refractivity contribution is 5.79. The molecule has 0 spiro atoms. The summed E-state index contributed by atoms with van der Waals surface area (Å²) in [4.78, 5) is 14.5. The van der Waals surface area contributed by atoms with Gasteiger partial charge in [-0.3, -0.25) is 4.79 Å². The molecule has 1 aliphatic carbocycles. The lowest BCUT2D eigenvalue weighted by atomic mass is 9.77. The highest BCUT2D eigenvalue weighted by Crippen LogP contribution is 2.30. The summed E-state index contributed by atoms with van der Waals surface area (Å²) in [5, 5.41) is 0. The Hall–Kier alpha value is -0.570. The summed E-state index contributed by atoms with van der Waals surface area (Å²) < 4.78 is 0. The maximum atomic E-state index is 12.4. The first kappa shape index (κ1) is 14.5. The minimum absolute atomic E-state index is 0.214. The number of nitrogens with zero attached hydrogens (tertiary/aromatic N) is 1. The van der Waals surface area contributed by atoms with Gasteiger partial charge in [0.2, 0.25) is 5.91 Å².